The molecule has 4 heteroatoms. The number of hydrogen-bond acceptors (Lipinski definition) is 3. The Hall–Kier alpha value is -0.740. The van der Waals surface area contributed by atoms with Crippen LogP contribution in [0.3, 0.4) is 0 Å². The van der Waals surface area contributed by atoms with Gasteiger partial charge < -0.3 is 5.11 Å². The molecular formula is C16H19BrO2S. The number of rotatable bonds is 2. The molecule has 2 aliphatic rings. The highest BCUT2D eigenvalue weighted by atomic mass is 79.9. The highest BCUT2D eigenvalue weighted by molar-refractivity contribution is 9.12. The standard InChI is InChI=1S/C16H19BrO2S/c1-11-3-2-4-15(18)6-5-13(16(11)19)7-12-8-14(17)10-20-9-12/h3,6,8,10,13,18H,2,4-5,7,9H2,1H3/b11-3+,15-6-. The van der Waals surface area contributed by atoms with Gasteiger partial charge in [0.15, 0.2) is 5.78 Å². The highest BCUT2D eigenvalue weighted by Crippen LogP contribution is 2.30. The van der Waals surface area contributed by atoms with Crippen molar-refractivity contribution >= 4 is 33.5 Å². The molecule has 1 aliphatic heterocycles. The molecule has 20 heavy (non-hydrogen) atoms. The van der Waals surface area contributed by atoms with E-state index in [0.717, 1.165) is 28.6 Å². The number of aliphatic hydroxyl groups is 1. The zero-order valence-corrected chi connectivity index (χ0v) is 14.0. The summed E-state index contributed by atoms with van der Waals surface area (Å²) in [5.41, 5.74) is 2.11. The third kappa shape index (κ3) is 4.38. The van der Waals surface area contributed by atoms with Crippen LogP contribution in [0.2, 0.25) is 0 Å². The summed E-state index contributed by atoms with van der Waals surface area (Å²) in [6, 6.07) is 0. The third-order valence-electron chi connectivity index (χ3n) is 3.56. The summed E-state index contributed by atoms with van der Waals surface area (Å²) >= 11 is 5.23. The van der Waals surface area contributed by atoms with Crippen molar-refractivity contribution in [1.29, 1.82) is 0 Å². The SMILES string of the molecule is C/C1=C\CC/C(O)=C/CC(CC2=CC(Br)=CSC2)C1=O. The number of aliphatic hydroxyl groups excluding tert-OH is 1. The van der Waals surface area contributed by atoms with E-state index in [9.17, 15) is 9.90 Å². The Labute approximate surface area is 132 Å². The summed E-state index contributed by atoms with van der Waals surface area (Å²) in [6.45, 7) is 1.89. The quantitative estimate of drug-likeness (QED) is 0.754. The molecule has 0 saturated carbocycles. The van der Waals surface area contributed by atoms with Crippen molar-refractivity contribution in [2.45, 2.75) is 32.6 Å². The first-order valence-corrected chi connectivity index (χ1v) is 8.66. The molecule has 0 bridgehead atoms. The lowest BCUT2D eigenvalue weighted by atomic mass is 9.89. The Kier molecular flexibility index (Phi) is 5.73. The Morgan fingerprint density at radius 3 is 3.00 bits per heavy atom. The first-order chi connectivity index (χ1) is 9.56. The second-order valence-electron chi connectivity index (χ2n) is 5.24. The molecule has 108 valence electrons. The van der Waals surface area contributed by atoms with Gasteiger partial charge in [0.25, 0.3) is 0 Å². The molecule has 0 spiro atoms. The van der Waals surface area contributed by atoms with Crippen molar-refractivity contribution in [3.63, 3.8) is 0 Å². The molecule has 0 aromatic carbocycles. The van der Waals surface area contributed by atoms with Gasteiger partial charge in [0, 0.05) is 22.6 Å². The van der Waals surface area contributed by atoms with E-state index in [1.54, 1.807) is 11.8 Å². The van der Waals surface area contributed by atoms with Crippen LogP contribution in [0.1, 0.15) is 32.6 Å². The van der Waals surface area contributed by atoms with Crippen LogP contribution in [0.4, 0.5) is 0 Å². The summed E-state index contributed by atoms with van der Waals surface area (Å²) in [6.07, 6.45) is 8.63. The lowest BCUT2D eigenvalue weighted by Gasteiger charge is -2.18. The first-order valence-electron chi connectivity index (χ1n) is 6.82. The molecule has 0 fully saturated rings. The first kappa shape index (κ1) is 15.6. The summed E-state index contributed by atoms with van der Waals surface area (Å²) in [7, 11) is 0. The number of Topliss-reactive ketones (excluding diaryl/α,β-unsaturated/α-hetero) is 1. The van der Waals surface area contributed by atoms with Gasteiger partial charge in [0.2, 0.25) is 0 Å². The van der Waals surface area contributed by atoms with Gasteiger partial charge in [0.05, 0.1) is 5.76 Å². The van der Waals surface area contributed by atoms with Gasteiger partial charge in [-0.2, -0.15) is 0 Å². The van der Waals surface area contributed by atoms with E-state index in [4.69, 9.17) is 0 Å². The normalized spacial score (nSPS) is 29.9. The second-order valence-corrected chi connectivity index (χ2v) is 7.01. The molecule has 0 amide bonds. The predicted octanol–water partition coefficient (Wildman–Crippen LogP) is 5.04. The number of ketones is 1. The molecule has 0 saturated heterocycles. The molecular weight excluding hydrogens is 336 g/mol. The van der Waals surface area contributed by atoms with Crippen LogP contribution < -0.4 is 0 Å². The number of allylic oxidation sites excluding steroid dienone is 6. The summed E-state index contributed by atoms with van der Waals surface area (Å²) < 4.78 is 1.07. The van der Waals surface area contributed by atoms with E-state index in [1.165, 1.54) is 5.57 Å². The number of carbonyl (C=O) groups excluding carboxylic acids is 1. The molecule has 1 aliphatic carbocycles. The van der Waals surface area contributed by atoms with Crippen LogP contribution in [0.15, 0.2) is 45.0 Å². The van der Waals surface area contributed by atoms with Gasteiger partial charge >= 0.3 is 0 Å². The maximum Gasteiger partial charge on any atom is 0.161 e. The van der Waals surface area contributed by atoms with Crippen molar-refractivity contribution in [3.05, 3.63) is 45.0 Å². The summed E-state index contributed by atoms with van der Waals surface area (Å²) in [5.74, 6) is 1.50. The minimum absolute atomic E-state index is 0.0586. The fourth-order valence-corrected chi connectivity index (χ4v) is 3.90. The molecule has 0 aromatic rings. The molecule has 1 unspecified atom stereocenters. The monoisotopic (exact) mass is 354 g/mol. The smallest absolute Gasteiger partial charge is 0.161 e. The van der Waals surface area contributed by atoms with E-state index in [-0.39, 0.29) is 11.7 Å². The Morgan fingerprint density at radius 2 is 2.25 bits per heavy atom. The topological polar surface area (TPSA) is 37.3 Å². The fraction of sp³-hybridized carbons (Fsp3) is 0.438. The molecule has 1 atom stereocenters. The van der Waals surface area contributed by atoms with Gasteiger partial charge in [0.1, 0.15) is 0 Å². The molecule has 2 rings (SSSR count). The highest BCUT2D eigenvalue weighted by Gasteiger charge is 2.22. The molecule has 2 nitrogen and oxygen atoms in total. The van der Waals surface area contributed by atoms with Gasteiger partial charge in [-0.1, -0.05) is 27.6 Å². The van der Waals surface area contributed by atoms with Crippen LogP contribution in [0.25, 0.3) is 0 Å². The lowest BCUT2D eigenvalue weighted by Crippen LogP contribution is -2.16. The fourth-order valence-electron chi connectivity index (χ4n) is 2.46. The van der Waals surface area contributed by atoms with Gasteiger partial charge in [-0.25, -0.2) is 0 Å². The minimum Gasteiger partial charge on any atom is -0.513 e. The predicted molar refractivity (Wildman–Crippen MR) is 89.0 cm³/mol. The maximum absolute atomic E-state index is 12.5. The van der Waals surface area contributed by atoms with Crippen LogP contribution in [0, 0.1) is 5.92 Å². The van der Waals surface area contributed by atoms with Gasteiger partial charge in [-0.15, -0.1) is 11.8 Å². The van der Waals surface area contributed by atoms with Crippen LogP contribution >= 0.6 is 27.7 Å². The molecule has 1 N–H and O–H groups in total. The van der Waals surface area contributed by atoms with Crippen molar-refractivity contribution in [3.8, 4) is 0 Å². The Bertz CT molecular complexity index is 515. The molecule has 0 radical (unpaired) electrons. The van der Waals surface area contributed by atoms with E-state index in [0.29, 0.717) is 18.6 Å². The lowest BCUT2D eigenvalue weighted by molar-refractivity contribution is -0.119. The zero-order valence-electron chi connectivity index (χ0n) is 11.6. The second kappa shape index (κ2) is 7.32. The van der Waals surface area contributed by atoms with Gasteiger partial charge in [-0.3, -0.25) is 4.79 Å². The van der Waals surface area contributed by atoms with E-state index in [1.807, 2.05) is 19.1 Å². The number of halogens is 1. The molecule has 1 heterocycles. The largest absolute Gasteiger partial charge is 0.513 e. The van der Waals surface area contributed by atoms with Crippen molar-refractivity contribution in [2.75, 3.05) is 5.75 Å². The minimum atomic E-state index is -0.0586. The average Bonchev–Trinajstić information content (AvgIpc) is 2.46. The van der Waals surface area contributed by atoms with Crippen molar-refractivity contribution in [2.24, 2.45) is 5.92 Å². The van der Waals surface area contributed by atoms with Crippen molar-refractivity contribution < 1.29 is 9.90 Å². The average molecular weight is 355 g/mol. The number of thioether (sulfide) groups is 1. The Morgan fingerprint density at radius 1 is 1.45 bits per heavy atom. The summed E-state index contributed by atoms with van der Waals surface area (Å²) in [5, 5.41) is 11.8. The van der Waals surface area contributed by atoms with E-state index in [2.05, 4.69) is 27.4 Å². The van der Waals surface area contributed by atoms with Crippen molar-refractivity contribution in [1.82, 2.24) is 0 Å². The zero-order chi connectivity index (χ0) is 14.5. The molecule has 0 aromatic heterocycles. The van der Waals surface area contributed by atoms with Gasteiger partial charge in [-0.05, 0) is 49.3 Å². The Balaban J connectivity index is 2.16. The number of hydrogen-bond donors (Lipinski definition) is 1. The van der Waals surface area contributed by atoms with Crippen LogP contribution in [0.5, 0.6) is 0 Å². The maximum atomic E-state index is 12.5. The van der Waals surface area contributed by atoms with Crippen LogP contribution in [-0.2, 0) is 4.79 Å². The van der Waals surface area contributed by atoms with E-state index >= 15 is 0 Å². The van der Waals surface area contributed by atoms with E-state index < -0.39 is 0 Å². The third-order valence-corrected chi connectivity index (χ3v) is 5.28. The van der Waals surface area contributed by atoms with Crippen LogP contribution in [-0.4, -0.2) is 16.6 Å². The number of carbonyl (C=O) groups is 1. The summed E-state index contributed by atoms with van der Waals surface area (Å²) in [4.78, 5) is 12.5.